The maximum absolute atomic E-state index is 6.07. The maximum Gasteiger partial charge on any atom is 0.0583 e. The molecule has 17 heavy (non-hydrogen) atoms. The highest BCUT2D eigenvalue weighted by atomic mass is 35.5. The van der Waals surface area contributed by atoms with Crippen LogP contribution < -0.4 is 11.5 Å². The Morgan fingerprint density at radius 2 is 1.53 bits per heavy atom. The lowest BCUT2D eigenvalue weighted by atomic mass is 9.95. The Balaban J connectivity index is 0.00000256. The molecular weight excluding hydrogens is 232 g/mol. The summed E-state index contributed by atoms with van der Waals surface area (Å²) in [6.07, 6.45) is 7.01. The third-order valence-electron chi connectivity index (χ3n) is 3.07. The molecule has 1 rings (SSSR count). The van der Waals surface area contributed by atoms with Gasteiger partial charge in [-0.3, -0.25) is 0 Å². The number of anilines is 2. The van der Waals surface area contributed by atoms with Gasteiger partial charge in [0.25, 0.3) is 0 Å². The van der Waals surface area contributed by atoms with Crippen LogP contribution in [0.15, 0.2) is 12.1 Å². The fourth-order valence-corrected chi connectivity index (χ4v) is 1.98. The van der Waals surface area contributed by atoms with Crippen LogP contribution in [0.4, 0.5) is 11.4 Å². The Kier molecular flexibility index (Phi) is 7.81. The SMILES string of the molecule is CCCCc1ccc(N)c(N)c1CCCC.Cl. The van der Waals surface area contributed by atoms with Gasteiger partial charge in [0.15, 0.2) is 0 Å². The van der Waals surface area contributed by atoms with Crippen LogP contribution >= 0.6 is 12.4 Å². The van der Waals surface area contributed by atoms with E-state index in [4.69, 9.17) is 11.5 Å². The van der Waals surface area contributed by atoms with Gasteiger partial charge in [-0.15, -0.1) is 12.4 Å². The van der Waals surface area contributed by atoms with Gasteiger partial charge in [0.1, 0.15) is 0 Å². The highest BCUT2D eigenvalue weighted by molar-refractivity contribution is 5.85. The van der Waals surface area contributed by atoms with Gasteiger partial charge in [-0.05, 0) is 42.9 Å². The van der Waals surface area contributed by atoms with Crippen molar-refractivity contribution in [2.24, 2.45) is 0 Å². The summed E-state index contributed by atoms with van der Waals surface area (Å²) in [7, 11) is 0. The van der Waals surface area contributed by atoms with Gasteiger partial charge < -0.3 is 11.5 Å². The number of nitrogens with two attached hydrogens (primary N) is 2. The number of hydrogen-bond donors (Lipinski definition) is 2. The minimum Gasteiger partial charge on any atom is -0.397 e. The first-order chi connectivity index (χ1) is 7.70. The molecule has 0 amide bonds. The Bertz CT molecular complexity index is 337. The first-order valence-corrected chi connectivity index (χ1v) is 6.36. The summed E-state index contributed by atoms with van der Waals surface area (Å²) >= 11 is 0. The molecular formula is C14H25ClN2. The summed E-state index contributed by atoms with van der Waals surface area (Å²) < 4.78 is 0. The van der Waals surface area contributed by atoms with Gasteiger partial charge in [-0.2, -0.15) is 0 Å². The van der Waals surface area contributed by atoms with Gasteiger partial charge in [0.2, 0.25) is 0 Å². The van der Waals surface area contributed by atoms with Gasteiger partial charge in [0, 0.05) is 0 Å². The fourth-order valence-electron chi connectivity index (χ4n) is 1.98. The van der Waals surface area contributed by atoms with E-state index in [1.165, 1.54) is 36.8 Å². The van der Waals surface area contributed by atoms with Crippen LogP contribution in [-0.4, -0.2) is 0 Å². The normalized spacial score (nSPS) is 10.0. The maximum atomic E-state index is 6.07. The monoisotopic (exact) mass is 256 g/mol. The molecule has 0 aromatic heterocycles. The number of halogens is 1. The van der Waals surface area contributed by atoms with Crippen molar-refractivity contribution < 1.29 is 0 Å². The number of hydrogen-bond acceptors (Lipinski definition) is 2. The lowest BCUT2D eigenvalue weighted by molar-refractivity contribution is 0.760. The van der Waals surface area contributed by atoms with Crippen molar-refractivity contribution in [3.05, 3.63) is 23.3 Å². The third-order valence-corrected chi connectivity index (χ3v) is 3.07. The molecule has 98 valence electrons. The van der Waals surface area contributed by atoms with E-state index in [1.807, 2.05) is 6.07 Å². The molecule has 1 aromatic rings. The Morgan fingerprint density at radius 3 is 2.12 bits per heavy atom. The highest BCUT2D eigenvalue weighted by Gasteiger charge is 2.08. The second kappa shape index (κ2) is 8.24. The minimum atomic E-state index is 0. The molecule has 0 saturated carbocycles. The third kappa shape index (κ3) is 4.47. The van der Waals surface area contributed by atoms with Crippen LogP contribution in [0.3, 0.4) is 0 Å². The van der Waals surface area contributed by atoms with Gasteiger partial charge in [0.05, 0.1) is 11.4 Å². The Hall–Kier alpha value is -0.890. The molecule has 0 atom stereocenters. The minimum absolute atomic E-state index is 0. The average molecular weight is 257 g/mol. The zero-order valence-corrected chi connectivity index (χ0v) is 11.8. The van der Waals surface area contributed by atoms with Crippen molar-refractivity contribution in [2.75, 3.05) is 11.5 Å². The summed E-state index contributed by atoms with van der Waals surface area (Å²) in [6, 6.07) is 4.09. The molecule has 0 heterocycles. The van der Waals surface area contributed by atoms with Crippen molar-refractivity contribution in [3.8, 4) is 0 Å². The fraction of sp³-hybridized carbons (Fsp3) is 0.571. The molecule has 4 N–H and O–H groups in total. The lowest BCUT2D eigenvalue weighted by Gasteiger charge is -2.14. The highest BCUT2D eigenvalue weighted by Crippen LogP contribution is 2.26. The van der Waals surface area contributed by atoms with Gasteiger partial charge in [-0.25, -0.2) is 0 Å². The topological polar surface area (TPSA) is 52.0 Å². The van der Waals surface area contributed by atoms with E-state index in [2.05, 4.69) is 19.9 Å². The van der Waals surface area contributed by atoms with E-state index >= 15 is 0 Å². The second-order valence-corrected chi connectivity index (χ2v) is 4.41. The zero-order valence-electron chi connectivity index (χ0n) is 11.0. The summed E-state index contributed by atoms with van der Waals surface area (Å²) in [4.78, 5) is 0. The molecule has 0 aliphatic heterocycles. The summed E-state index contributed by atoms with van der Waals surface area (Å²) in [6.45, 7) is 4.42. The second-order valence-electron chi connectivity index (χ2n) is 4.41. The van der Waals surface area contributed by atoms with Crippen molar-refractivity contribution in [2.45, 2.75) is 52.4 Å². The van der Waals surface area contributed by atoms with Crippen LogP contribution in [0.2, 0.25) is 0 Å². The van der Waals surface area contributed by atoms with E-state index in [0.717, 1.165) is 24.2 Å². The molecule has 3 heteroatoms. The van der Waals surface area contributed by atoms with E-state index in [-0.39, 0.29) is 12.4 Å². The molecule has 0 spiro atoms. The quantitative estimate of drug-likeness (QED) is 0.757. The molecule has 0 aliphatic carbocycles. The molecule has 0 saturated heterocycles. The predicted molar refractivity (Wildman–Crippen MR) is 79.7 cm³/mol. The van der Waals surface area contributed by atoms with E-state index < -0.39 is 0 Å². The number of unbranched alkanes of at least 4 members (excludes halogenated alkanes) is 2. The molecule has 1 aromatic carbocycles. The first-order valence-electron chi connectivity index (χ1n) is 6.36. The van der Waals surface area contributed by atoms with Crippen molar-refractivity contribution >= 4 is 23.8 Å². The average Bonchev–Trinajstić information content (AvgIpc) is 2.29. The van der Waals surface area contributed by atoms with E-state index in [0.29, 0.717) is 0 Å². The van der Waals surface area contributed by atoms with Crippen molar-refractivity contribution in [1.82, 2.24) is 0 Å². The summed E-state index contributed by atoms with van der Waals surface area (Å²) in [5, 5.41) is 0. The Morgan fingerprint density at radius 1 is 0.941 bits per heavy atom. The molecule has 0 bridgehead atoms. The Labute approximate surface area is 111 Å². The van der Waals surface area contributed by atoms with Crippen molar-refractivity contribution in [1.29, 1.82) is 0 Å². The van der Waals surface area contributed by atoms with Crippen LogP contribution in [-0.2, 0) is 12.8 Å². The number of rotatable bonds is 6. The lowest BCUT2D eigenvalue weighted by Crippen LogP contribution is -2.04. The molecule has 2 nitrogen and oxygen atoms in total. The van der Waals surface area contributed by atoms with Crippen LogP contribution in [0, 0.1) is 0 Å². The number of aryl methyl sites for hydroxylation is 1. The van der Waals surface area contributed by atoms with Crippen LogP contribution in [0.1, 0.15) is 50.7 Å². The number of nitrogen functional groups attached to an aromatic ring is 2. The molecule has 0 fully saturated rings. The predicted octanol–water partition coefficient (Wildman–Crippen LogP) is 3.96. The van der Waals surface area contributed by atoms with E-state index in [9.17, 15) is 0 Å². The number of benzene rings is 1. The molecule has 0 radical (unpaired) electrons. The standard InChI is InChI=1S/C14H24N2.ClH/c1-3-5-7-11-9-10-13(15)14(16)12(11)8-6-4-2;/h9-10H,3-8,15-16H2,1-2H3;1H. The summed E-state index contributed by atoms with van der Waals surface area (Å²) in [5.74, 6) is 0. The largest absolute Gasteiger partial charge is 0.397 e. The van der Waals surface area contributed by atoms with Gasteiger partial charge >= 0.3 is 0 Å². The molecule has 0 aliphatic rings. The van der Waals surface area contributed by atoms with Crippen molar-refractivity contribution in [3.63, 3.8) is 0 Å². The first kappa shape index (κ1) is 16.1. The summed E-state index contributed by atoms with van der Waals surface area (Å²) in [5.41, 5.74) is 16.1. The van der Waals surface area contributed by atoms with E-state index in [1.54, 1.807) is 0 Å². The van der Waals surface area contributed by atoms with Crippen LogP contribution in [0.25, 0.3) is 0 Å². The van der Waals surface area contributed by atoms with Gasteiger partial charge in [-0.1, -0.05) is 32.8 Å². The smallest absolute Gasteiger partial charge is 0.0583 e. The van der Waals surface area contributed by atoms with Crippen LogP contribution in [0.5, 0.6) is 0 Å². The zero-order chi connectivity index (χ0) is 12.0. The molecule has 0 unspecified atom stereocenters.